The van der Waals surface area contributed by atoms with Crippen molar-refractivity contribution in [1.82, 2.24) is 0 Å². The van der Waals surface area contributed by atoms with Gasteiger partial charge >= 0.3 is 0 Å². The van der Waals surface area contributed by atoms with Crippen LogP contribution in [-0.4, -0.2) is 37.0 Å². The second-order valence-corrected chi connectivity index (χ2v) is 5.38. The molecule has 122 valence electrons. The van der Waals surface area contributed by atoms with Gasteiger partial charge in [0.2, 0.25) is 0 Å². The number of ether oxygens (including phenoxy) is 2. The first-order valence-electron chi connectivity index (χ1n) is 6.30. The fourth-order valence-corrected chi connectivity index (χ4v) is 2.21. The number of hydrogen-bond acceptors (Lipinski definition) is 6. The van der Waals surface area contributed by atoms with E-state index in [0.717, 1.165) is 0 Å². The fourth-order valence-electron chi connectivity index (χ4n) is 1.58. The summed E-state index contributed by atoms with van der Waals surface area (Å²) in [4.78, 5) is 20.6. The lowest BCUT2D eigenvalue weighted by Gasteiger charge is -2.05. The Balaban J connectivity index is 0.000000231. The van der Waals surface area contributed by atoms with E-state index in [0.29, 0.717) is 38.8 Å². The van der Waals surface area contributed by atoms with Gasteiger partial charge in [-0.15, -0.1) is 0 Å². The monoisotopic (exact) mass is 430 g/mol. The van der Waals surface area contributed by atoms with Crippen LogP contribution in [0.25, 0.3) is 0 Å². The maximum absolute atomic E-state index is 10.4. The molecule has 6 nitrogen and oxygen atoms in total. The molecule has 0 fully saturated rings. The predicted octanol–water partition coefficient (Wildman–Crippen LogP) is 3.03. The van der Waals surface area contributed by atoms with Gasteiger partial charge in [-0.05, 0) is 52.9 Å². The normalized spacial score (nSPS) is 9.35. The Hall–Kier alpha value is -2.29. The largest absolute Gasteiger partial charge is 0.504 e. The SMILES string of the molecule is COc1cc(C=O)cc(I)c1O.COc1cc(C=O)ccc1O. The van der Waals surface area contributed by atoms with Crippen LogP contribution in [0.3, 0.4) is 0 Å². The minimum absolute atomic E-state index is 0.0399. The minimum atomic E-state index is 0.0399. The number of carbonyl (C=O) groups is 2. The summed E-state index contributed by atoms with van der Waals surface area (Å²) in [5, 5.41) is 18.5. The third-order valence-corrected chi connectivity index (χ3v) is 3.57. The molecule has 0 saturated heterocycles. The number of phenols is 2. The van der Waals surface area contributed by atoms with E-state index < -0.39 is 0 Å². The van der Waals surface area contributed by atoms with Crippen LogP contribution in [0, 0.1) is 3.57 Å². The number of benzene rings is 2. The Morgan fingerprint density at radius 3 is 2.00 bits per heavy atom. The maximum Gasteiger partial charge on any atom is 0.171 e. The molecule has 2 aromatic rings. The Labute approximate surface area is 146 Å². The zero-order valence-corrected chi connectivity index (χ0v) is 14.6. The molecular weight excluding hydrogens is 415 g/mol. The predicted molar refractivity (Wildman–Crippen MR) is 92.8 cm³/mol. The third kappa shape index (κ3) is 5.13. The lowest BCUT2D eigenvalue weighted by atomic mass is 10.2. The number of hydrogen-bond donors (Lipinski definition) is 2. The molecule has 0 aromatic heterocycles. The number of aromatic hydroxyl groups is 2. The summed E-state index contributed by atoms with van der Waals surface area (Å²) >= 11 is 1.93. The highest BCUT2D eigenvalue weighted by molar-refractivity contribution is 14.1. The van der Waals surface area contributed by atoms with Gasteiger partial charge in [-0.2, -0.15) is 0 Å². The first-order chi connectivity index (χ1) is 11.0. The van der Waals surface area contributed by atoms with Crippen molar-refractivity contribution in [3.05, 3.63) is 45.0 Å². The minimum Gasteiger partial charge on any atom is -0.504 e. The molecule has 0 heterocycles. The number of aldehydes is 2. The van der Waals surface area contributed by atoms with Gasteiger partial charge in [-0.3, -0.25) is 9.59 Å². The van der Waals surface area contributed by atoms with Gasteiger partial charge in [0, 0.05) is 11.1 Å². The average molecular weight is 430 g/mol. The molecule has 0 radical (unpaired) electrons. The van der Waals surface area contributed by atoms with Gasteiger partial charge in [-0.25, -0.2) is 0 Å². The van der Waals surface area contributed by atoms with E-state index in [9.17, 15) is 14.7 Å². The molecule has 2 aromatic carbocycles. The van der Waals surface area contributed by atoms with Crippen molar-refractivity contribution in [2.45, 2.75) is 0 Å². The van der Waals surface area contributed by atoms with Gasteiger partial charge in [0.1, 0.15) is 12.6 Å². The molecule has 0 aliphatic heterocycles. The van der Waals surface area contributed by atoms with E-state index in [-0.39, 0.29) is 11.5 Å². The maximum atomic E-state index is 10.4. The summed E-state index contributed by atoms with van der Waals surface area (Å²) in [5.74, 6) is 0.750. The number of rotatable bonds is 4. The molecule has 2 N–H and O–H groups in total. The zero-order chi connectivity index (χ0) is 17.4. The van der Waals surface area contributed by atoms with Crippen LogP contribution in [0.5, 0.6) is 23.0 Å². The highest BCUT2D eigenvalue weighted by atomic mass is 127. The number of halogens is 1. The van der Waals surface area contributed by atoms with Crippen LogP contribution >= 0.6 is 22.6 Å². The van der Waals surface area contributed by atoms with Crippen molar-refractivity contribution in [3.63, 3.8) is 0 Å². The van der Waals surface area contributed by atoms with Gasteiger partial charge < -0.3 is 19.7 Å². The smallest absolute Gasteiger partial charge is 0.171 e. The van der Waals surface area contributed by atoms with Crippen molar-refractivity contribution in [2.75, 3.05) is 14.2 Å². The summed E-state index contributed by atoms with van der Waals surface area (Å²) in [6.45, 7) is 0. The van der Waals surface area contributed by atoms with Gasteiger partial charge in [0.05, 0.1) is 17.8 Å². The molecule has 0 aliphatic rings. The van der Waals surface area contributed by atoms with Crippen LogP contribution < -0.4 is 9.47 Å². The highest BCUT2D eigenvalue weighted by Gasteiger charge is 2.07. The van der Waals surface area contributed by atoms with E-state index in [1.54, 1.807) is 6.07 Å². The lowest BCUT2D eigenvalue weighted by Crippen LogP contribution is -1.89. The summed E-state index contributed by atoms with van der Waals surface area (Å²) in [6.07, 6.45) is 1.41. The molecule has 0 atom stereocenters. The molecule has 0 spiro atoms. The molecule has 0 unspecified atom stereocenters. The van der Waals surface area contributed by atoms with Crippen LogP contribution in [-0.2, 0) is 0 Å². The molecular formula is C16H15IO6. The van der Waals surface area contributed by atoms with Gasteiger partial charge in [0.15, 0.2) is 23.0 Å². The van der Waals surface area contributed by atoms with E-state index in [1.165, 1.54) is 38.5 Å². The van der Waals surface area contributed by atoms with Crippen LogP contribution in [0.2, 0.25) is 0 Å². The summed E-state index contributed by atoms with van der Waals surface area (Å²) in [5.41, 5.74) is 0.980. The number of methoxy groups -OCH3 is 2. The Morgan fingerprint density at radius 1 is 0.913 bits per heavy atom. The van der Waals surface area contributed by atoms with E-state index in [1.807, 2.05) is 22.6 Å². The third-order valence-electron chi connectivity index (χ3n) is 2.75. The molecule has 0 saturated carbocycles. The molecule has 7 heteroatoms. The van der Waals surface area contributed by atoms with Crippen molar-refractivity contribution in [3.8, 4) is 23.0 Å². The van der Waals surface area contributed by atoms with Crippen LogP contribution in [0.1, 0.15) is 20.7 Å². The molecule has 0 bridgehead atoms. The molecule has 23 heavy (non-hydrogen) atoms. The Kier molecular flexibility index (Phi) is 7.33. The van der Waals surface area contributed by atoms with Crippen LogP contribution in [0.15, 0.2) is 30.3 Å². The van der Waals surface area contributed by atoms with Crippen LogP contribution in [0.4, 0.5) is 0 Å². The lowest BCUT2D eigenvalue weighted by molar-refractivity contribution is 0.111. The first kappa shape index (κ1) is 18.8. The second kappa shape index (κ2) is 8.99. The van der Waals surface area contributed by atoms with Gasteiger partial charge in [0.25, 0.3) is 0 Å². The average Bonchev–Trinajstić information content (AvgIpc) is 2.58. The Bertz CT molecular complexity index is 699. The van der Waals surface area contributed by atoms with E-state index in [2.05, 4.69) is 0 Å². The molecule has 0 aliphatic carbocycles. The summed E-state index contributed by atoms with van der Waals surface area (Å²) in [6, 6.07) is 7.49. The zero-order valence-electron chi connectivity index (χ0n) is 12.4. The first-order valence-corrected chi connectivity index (χ1v) is 7.38. The second-order valence-electron chi connectivity index (χ2n) is 4.22. The standard InChI is InChI=1S/C8H7IO3.C8H8O3/c1-12-7-3-5(4-10)2-6(9)8(7)11;1-11-8-4-6(5-9)2-3-7(8)10/h2-4,11H,1H3;2-5,10H,1H3. The fraction of sp³-hybridized carbons (Fsp3) is 0.125. The van der Waals surface area contributed by atoms with E-state index in [4.69, 9.17) is 14.6 Å². The van der Waals surface area contributed by atoms with Crippen molar-refractivity contribution in [1.29, 1.82) is 0 Å². The Morgan fingerprint density at radius 2 is 1.48 bits per heavy atom. The number of phenolic OH excluding ortho intramolecular Hbond substituents is 2. The highest BCUT2D eigenvalue weighted by Crippen LogP contribution is 2.31. The molecule has 0 amide bonds. The molecule has 2 rings (SSSR count). The summed E-state index contributed by atoms with van der Waals surface area (Å²) in [7, 11) is 2.88. The van der Waals surface area contributed by atoms with Gasteiger partial charge in [-0.1, -0.05) is 0 Å². The number of carbonyl (C=O) groups excluding carboxylic acids is 2. The summed E-state index contributed by atoms with van der Waals surface area (Å²) < 4.78 is 10.2. The van der Waals surface area contributed by atoms with Crippen molar-refractivity contribution in [2.24, 2.45) is 0 Å². The van der Waals surface area contributed by atoms with E-state index >= 15 is 0 Å². The topological polar surface area (TPSA) is 93.1 Å². The quantitative estimate of drug-likeness (QED) is 0.573. The van der Waals surface area contributed by atoms with Crippen molar-refractivity contribution >= 4 is 35.2 Å². The van der Waals surface area contributed by atoms with Crippen molar-refractivity contribution < 1.29 is 29.3 Å².